The summed E-state index contributed by atoms with van der Waals surface area (Å²) in [5, 5.41) is 6.80. The number of hydrogen-bond donors (Lipinski definition) is 3. The van der Waals surface area contributed by atoms with E-state index in [1.807, 2.05) is 0 Å². The van der Waals surface area contributed by atoms with Crippen LogP contribution in [0.15, 0.2) is 30.3 Å². The molecule has 0 saturated carbocycles. The van der Waals surface area contributed by atoms with E-state index in [1.54, 1.807) is 44.5 Å². The molecule has 0 aliphatic rings. The van der Waals surface area contributed by atoms with E-state index in [4.69, 9.17) is 10.6 Å². The Kier molecular flexibility index (Phi) is 3.67. The first-order valence-electron chi connectivity index (χ1n) is 5.60. The molecule has 0 unspecified atom stereocenters. The average Bonchev–Trinajstić information content (AvgIpc) is 2.78. The summed E-state index contributed by atoms with van der Waals surface area (Å²) in [5.41, 5.74) is 3.75. The van der Waals surface area contributed by atoms with Crippen molar-refractivity contribution in [2.75, 3.05) is 17.9 Å². The SMILES string of the molecule is COc1cc(NC(=O)c2ccc(NN)cc2)nn1C. The molecule has 7 nitrogen and oxygen atoms in total. The molecule has 0 atom stereocenters. The fourth-order valence-corrected chi connectivity index (χ4v) is 1.61. The minimum atomic E-state index is -0.246. The molecule has 1 aromatic heterocycles. The molecule has 0 aliphatic heterocycles. The summed E-state index contributed by atoms with van der Waals surface area (Å²) in [4.78, 5) is 12.0. The van der Waals surface area contributed by atoms with Crippen molar-refractivity contribution in [2.24, 2.45) is 12.9 Å². The fourth-order valence-electron chi connectivity index (χ4n) is 1.61. The molecular weight excluding hydrogens is 246 g/mol. The summed E-state index contributed by atoms with van der Waals surface area (Å²) >= 11 is 0. The minimum absolute atomic E-state index is 0.246. The van der Waals surface area contributed by atoms with Crippen molar-refractivity contribution < 1.29 is 9.53 Å². The largest absolute Gasteiger partial charge is 0.481 e. The third kappa shape index (κ3) is 2.83. The highest BCUT2D eigenvalue weighted by molar-refractivity contribution is 6.04. The van der Waals surface area contributed by atoms with Crippen LogP contribution in [0.3, 0.4) is 0 Å². The number of aryl methyl sites for hydroxylation is 1. The number of nitrogens with two attached hydrogens (primary N) is 1. The number of nitrogens with zero attached hydrogens (tertiary/aromatic N) is 2. The summed E-state index contributed by atoms with van der Waals surface area (Å²) in [6, 6.07) is 8.42. The molecule has 0 bridgehead atoms. The first kappa shape index (κ1) is 12.9. The van der Waals surface area contributed by atoms with Crippen LogP contribution in [0.2, 0.25) is 0 Å². The van der Waals surface area contributed by atoms with Gasteiger partial charge in [0.05, 0.1) is 7.11 Å². The van der Waals surface area contributed by atoms with E-state index < -0.39 is 0 Å². The lowest BCUT2D eigenvalue weighted by atomic mass is 10.2. The highest BCUT2D eigenvalue weighted by Crippen LogP contribution is 2.16. The summed E-state index contributed by atoms with van der Waals surface area (Å²) in [6.07, 6.45) is 0. The van der Waals surface area contributed by atoms with Crippen LogP contribution in [0.25, 0.3) is 0 Å². The Bertz CT molecular complexity index is 576. The quantitative estimate of drug-likeness (QED) is 0.563. The Morgan fingerprint density at radius 3 is 2.58 bits per heavy atom. The van der Waals surface area contributed by atoms with Crippen molar-refractivity contribution in [3.63, 3.8) is 0 Å². The van der Waals surface area contributed by atoms with Crippen molar-refractivity contribution in [1.82, 2.24) is 9.78 Å². The fraction of sp³-hybridized carbons (Fsp3) is 0.167. The minimum Gasteiger partial charge on any atom is -0.481 e. The van der Waals surface area contributed by atoms with Gasteiger partial charge in [0, 0.05) is 24.4 Å². The van der Waals surface area contributed by atoms with Gasteiger partial charge in [-0.3, -0.25) is 10.6 Å². The van der Waals surface area contributed by atoms with Gasteiger partial charge in [0.2, 0.25) is 5.88 Å². The van der Waals surface area contributed by atoms with Crippen molar-refractivity contribution in [3.8, 4) is 5.88 Å². The summed E-state index contributed by atoms with van der Waals surface area (Å²) < 4.78 is 6.61. The van der Waals surface area contributed by atoms with E-state index in [9.17, 15) is 4.79 Å². The van der Waals surface area contributed by atoms with Crippen LogP contribution in [0, 0.1) is 0 Å². The summed E-state index contributed by atoms with van der Waals surface area (Å²) in [5.74, 6) is 6.01. The molecule has 7 heteroatoms. The molecule has 0 saturated heterocycles. The van der Waals surface area contributed by atoms with E-state index in [2.05, 4.69) is 15.8 Å². The Balaban J connectivity index is 2.11. The molecule has 0 aliphatic carbocycles. The Morgan fingerprint density at radius 1 is 1.37 bits per heavy atom. The number of amides is 1. The molecule has 4 N–H and O–H groups in total. The van der Waals surface area contributed by atoms with Gasteiger partial charge in [-0.15, -0.1) is 0 Å². The number of hydrazine groups is 1. The number of rotatable bonds is 4. The number of methoxy groups -OCH3 is 1. The van der Waals surface area contributed by atoms with E-state index in [0.29, 0.717) is 17.3 Å². The Labute approximate surface area is 110 Å². The number of carbonyl (C=O) groups is 1. The number of nitrogen functional groups attached to an aromatic ring is 1. The predicted molar refractivity (Wildman–Crippen MR) is 72.0 cm³/mol. The predicted octanol–water partition coefficient (Wildman–Crippen LogP) is 0.967. The highest BCUT2D eigenvalue weighted by atomic mass is 16.5. The molecule has 1 aromatic carbocycles. The molecule has 0 radical (unpaired) electrons. The van der Waals surface area contributed by atoms with E-state index in [0.717, 1.165) is 5.69 Å². The van der Waals surface area contributed by atoms with Crippen LogP contribution >= 0.6 is 0 Å². The molecule has 2 rings (SSSR count). The van der Waals surface area contributed by atoms with Crippen LogP contribution in [0.1, 0.15) is 10.4 Å². The van der Waals surface area contributed by atoms with Crippen molar-refractivity contribution >= 4 is 17.4 Å². The first-order valence-corrected chi connectivity index (χ1v) is 5.60. The van der Waals surface area contributed by atoms with Crippen molar-refractivity contribution in [1.29, 1.82) is 0 Å². The van der Waals surface area contributed by atoms with Gasteiger partial charge in [0.15, 0.2) is 5.82 Å². The summed E-state index contributed by atoms with van der Waals surface area (Å²) in [6.45, 7) is 0. The molecule has 19 heavy (non-hydrogen) atoms. The monoisotopic (exact) mass is 261 g/mol. The molecule has 100 valence electrons. The zero-order valence-corrected chi connectivity index (χ0v) is 10.7. The number of anilines is 2. The lowest BCUT2D eigenvalue weighted by molar-refractivity contribution is 0.102. The number of hydrogen-bond acceptors (Lipinski definition) is 5. The number of ether oxygens (including phenoxy) is 1. The third-order valence-corrected chi connectivity index (χ3v) is 2.60. The van der Waals surface area contributed by atoms with Gasteiger partial charge in [0.1, 0.15) is 0 Å². The smallest absolute Gasteiger partial charge is 0.256 e. The van der Waals surface area contributed by atoms with Gasteiger partial charge in [-0.25, -0.2) is 4.68 Å². The molecule has 1 heterocycles. The Morgan fingerprint density at radius 2 is 2.05 bits per heavy atom. The third-order valence-electron chi connectivity index (χ3n) is 2.60. The molecule has 1 amide bonds. The van der Waals surface area contributed by atoms with Crippen LogP contribution in [-0.2, 0) is 7.05 Å². The molecule has 0 fully saturated rings. The second-order valence-electron chi connectivity index (χ2n) is 3.87. The normalized spacial score (nSPS) is 10.1. The molecule has 0 spiro atoms. The Hall–Kier alpha value is -2.54. The second-order valence-corrected chi connectivity index (χ2v) is 3.87. The standard InChI is InChI=1S/C12H15N5O2/c1-17-11(19-2)7-10(16-17)14-12(18)8-3-5-9(15-13)6-4-8/h3-7,15H,13H2,1-2H3,(H,14,16,18). The molecular formula is C12H15N5O2. The van der Waals surface area contributed by atoms with E-state index in [-0.39, 0.29) is 5.91 Å². The maximum absolute atomic E-state index is 12.0. The van der Waals surface area contributed by atoms with Crippen LogP contribution in [0.4, 0.5) is 11.5 Å². The number of carbonyl (C=O) groups excluding carboxylic acids is 1. The van der Waals surface area contributed by atoms with Gasteiger partial charge >= 0.3 is 0 Å². The summed E-state index contributed by atoms with van der Waals surface area (Å²) in [7, 11) is 3.28. The number of aromatic nitrogens is 2. The number of nitrogens with one attached hydrogen (secondary N) is 2. The van der Waals surface area contributed by atoms with Gasteiger partial charge in [-0.05, 0) is 24.3 Å². The zero-order valence-electron chi connectivity index (χ0n) is 10.7. The maximum Gasteiger partial charge on any atom is 0.256 e. The zero-order chi connectivity index (χ0) is 13.8. The topological polar surface area (TPSA) is 94.2 Å². The molecule has 2 aromatic rings. The first-order chi connectivity index (χ1) is 9.13. The van der Waals surface area contributed by atoms with Crippen molar-refractivity contribution in [3.05, 3.63) is 35.9 Å². The lowest BCUT2D eigenvalue weighted by Gasteiger charge is -2.03. The van der Waals surface area contributed by atoms with Crippen LogP contribution in [-0.4, -0.2) is 22.8 Å². The average molecular weight is 261 g/mol. The van der Waals surface area contributed by atoms with Crippen LogP contribution < -0.4 is 21.3 Å². The van der Waals surface area contributed by atoms with E-state index >= 15 is 0 Å². The van der Waals surface area contributed by atoms with Crippen LogP contribution in [0.5, 0.6) is 5.88 Å². The van der Waals surface area contributed by atoms with E-state index in [1.165, 1.54) is 4.68 Å². The lowest BCUT2D eigenvalue weighted by Crippen LogP contribution is -2.13. The van der Waals surface area contributed by atoms with Gasteiger partial charge in [-0.1, -0.05) is 0 Å². The van der Waals surface area contributed by atoms with Gasteiger partial charge in [-0.2, -0.15) is 5.10 Å². The van der Waals surface area contributed by atoms with Gasteiger partial charge in [0.25, 0.3) is 5.91 Å². The van der Waals surface area contributed by atoms with Crippen molar-refractivity contribution in [2.45, 2.75) is 0 Å². The number of benzene rings is 1. The second kappa shape index (κ2) is 5.40. The maximum atomic E-state index is 12.0. The highest BCUT2D eigenvalue weighted by Gasteiger charge is 2.10. The van der Waals surface area contributed by atoms with Gasteiger partial charge < -0.3 is 15.5 Å².